The number of methoxy groups -OCH3 is 1. The summed E-state index contributed by atoms with van der Waals surface area (Å²) in [5.41, 5.74) is 6.17. The van der Waals surface area contributed by atoms with Crippen LogP contribution in [-0.4, -0.2) is 16.7 Å². The molecule has 6 heteroatoms. The van der Waals surface area contributed by atoms with Crippen LogP contribution in [0, 0.1) is 22.7 Å². The second kappa shape index (κ2) is 10.3. The van der Waals surface area contributed by atoms with Crippen molar-refractivity contribution in [1.82, 2.24) is 9.55 Å². The molecule has 0 aliphatic heterocycles. The van der Waals surface area contributed by atoms with Gasteiger partial charge in [0, 0.05) is 6.54 Å². The van der Waals surface area contributed by atoms with Gasteiger partial charge in [-0.1, -0.05) is 30.3 Å². The van der Waals surface area contributed by atoms with E-state index in [1.165, 1.54) is 0 Å². The SMILES string of the molecule is COc1cccc(-c2cc(C#N)ccc2COCc2cncn2Cc2ccc(C#N)cc2)c1. The summed E-state index contributed by atoms with van der Waals surface area (Å²) in [4.78, 5) is 4.27. The summed E-state index contributed by atoms with van der Waals surface area (Å²) < 4.78 is 13.4. The molecule has 0 radical (unpaired) electrons. The summed E-state index contributed by atoms with van der Waals surface area (Å²) in [5.74, 6) is 0.758. The first-order valence-electron chi connectivity index (χ1n) is 10.4. The average Bonchev–Trinajstić information content (AvgIpc) is 3.31. The van der Waals surface area contributed by atoms with Gasteiger partial charge in [0.25, 0.3) is 0 Å². The smallest absolute Gasteiger partial charge is 0.119 e. The second-order valence-electron chi connectivity index (χ2n) is 7.53. The Hall–Kier alpha value is -4.39. The Bertz CT molecular complexity index is 1330. The van der Waals surface area contributed by atoms with Crippen molar-refractivity contribution in [2.45, 2.75) is 19.8 Å². The van der Waals surface area contributed by atoms with Crippen LogP contribution in [0.1, 0.15) is 27.9 Å². The van der Waals surface area contributed by atoms with Gasteiger partial charge < -0.3 is 14.0 Å². The Labute approximate surface area is 192 Å². The summed E-state index contributed by atoms with van der Waals surface area (Å²) >= 11 is 0. The lowest BCUT2D eigenvalue weighted by atomic mass is 9.97. The molecule has 0 fully saturated rings. The summed E-state index contributed by atoms with van der Waals surface area (Å²) in [6, 6.07) is 25.2. The number of ether oxygens (including phenoxy) is 2. The van der Waals surface area contributed by atoms with E-state index >= 15 is 0 Å². The zero-order valence-electron chi connectivity index (χ0n) is 18.2. The van der Waals surface area contributed by atoms with E-state index in [2.05, 4.69) is 17.1 Å². The van der Waals surface area contributed by atoms with Gasteiger partial charge in [-0.25, -0.2) is 4.98 Å². The van der Waals surface area contributed by atoms with Crippen molar-refractivity contribution in [2.24, 2.45) is 0 Å². The second-order valence-corrected chi connectivity index (χ2v) is 7.53. The highest BCUT2D eigenvalue weighted by Gasteiger charge is 2.10. The van der Waals surface area contributed by atoms with Gasteiger partial charge in [-0.15, -0.1) is 0 Å². The summed E-state index contributed by atoms with van der Waals surface area (Å²) in [7, 11) is 1.63. The maximum Gasteiger partial charge on any atom is 0.119 e. The van der Waals surface area contributed by atoms with Gasteiger partial charge in [0.2, 0.25) is 0 Å². The molecule has 4 rings (SSSR count). The summed E-state index contributed by atoms with van der Waals surface area (Å²) in [6.45, 7) is 1.43. The van der Waals surface area contributed by atoms with E-state index < -0.39 is 0 Å². The Morgan fingerprint density at radius 2 is 1.70 bits per heavy atom. The maximum atomic E-state index is 9.35. The quantitative estimate of drug-likeness (QED) is 0.387. The van der Waals surface area contributed by atoms with Gasteiger partial charge in [-0.05, 0) is 58.7 Å². The van der Waals surface area contributed by atoms with Gasteiger partial charge in [-0.3, -0.25) is 0 Å². The van der Waals surface area contributed by atoms with Gasteiger partial charge in [0.05, 0.1) is 61.8 Å². The number of nitrogens with zero attached hydrogens (tertiary/aromatic N) is 4. The molecular formula is C27H22N4O2. The summed E-state index contributed by atoms with van der Waals surface area (Å²) in [6.07, 6.45) is 3.58. The van der Waals surface area contributed by atoms with Crippen LogP contribution in [0.2, 0.25) is 0 Å². The fourth-order valence-corrected chi connectivity index (χ4v) is 3.59. The lowest BCUT2D eigenvalue weighted by Crippen LogP contribution is -2.05. The lowest BCUT2D eigenvalue weighted by Gasteiger charge is -2.13. The van der Waals surface area contributed by atoms with Crippen molar-refractivity contribution in [3.05, 3.63) is 107 Å². The molecule has 0 aliphatic rings. The number of aromatic nitrogens is 2. The van der Waals surface area contributed by atoms with Gasteiger partial charge in [0.15, 0.2) is 0 Å². The first kappa shape index (κ1) is 21.8. The van der Waals surface area contributed by atoms with Crippen molar-refractivity contribution in [3.8, 4) is 29.0 Å². The van der Waals surface area contributed by atoms with Crippen LogP contribution in [-0.2, 0) is 24.5 Å². The molecular weight excluding hydrogens is 412 g/mol. The molecule has 6 nitrogen and oxygen atoms in total. The number of rotatable bonds is 8. The predicted octanol–water partition coefficient (Wildman–Crippen LogP) is 5.07. The molecule has 0 N–H and O–H groups in total. The van der Waals surface area contributed by atoms with Crippen LogP contribution in [0.15, 0.2) is 79.3 Å². The number of benzene rings is 3. The lowest BCUT2D eigenvalue weighted by molar-refractivity contribution is 0.103. The molecule has 0 spiro atoms. The topological polar surface area (TPSA) is 83.9 Å². The number of imidazole rings is 1. The van der Waals surface area contributed by atoms with E-state index in [0.717, 1.165) is 33.7 Å². The van der Waals surface area contributed by atoms with Crippen LogP contribution >= 0.6 is 0 Å². The maximum absolute atomic E-state index is 9.35. The monoisotopic (exact) mass is 434 g/mol. The van der Waals surface area contributed by atoms with Gasteiger partial charge in [0.1, 0.15) is 5.75 Å². The number of nitriles is 2. The molecule has 4 aromatic rings. The molecule has 0 saturated carbocycles. The van der Waals surface area contributed by atoms with Crippen LogP contribution in [0.25, 0.3) is 11.1 Å². The molecule has 0 bridgehead atoms. The number of hydrogen-bond donors (Lipinski definition) is 0. The van der Waals surface area contributed by atoms with E-state index in [4.69, 9.17) is 14.7 Å². The minimum Gasteiger partial charge on any atom is -0.497 e. The minimum atomic E-state index is 0.389. The molecule has 1 heterocycles. The van der Waals surface area contributed by atoms with Crippen LogP contribution in [0.3, 0.4) is 0 Å². The molecule has 3 aromatic carbocycles. The van der Waals surface area contributed by atoms with Crippen molar-refractivity contribution in [2.75, 3.05) is 7.11 Å². The van der Waals surface area contributed by atoms with Crippen molar-refractivity contribution < 1.29 is 9.47 Å². The van der Waals surface area contributed by atoms with Crippen LogP contribution in [0.5, 0.6) is 5.75 Å². The molecule has 1 aromatic heterocycles. The largest absolute Gasteiger partial charge is 0.497 e. The first-order valence-corrected chi connectivity index (χ1v) is 10.4. The van der Waals surface area contributed by atoms with E-state index in [0.29, 0.717) is 30.9 Å². The third-order valence-electron chi connectivity index (χ3n) is 5.36. The molecule has 0 atom stereocenters. The normalized spacial score (nSPS) is 10.4. The fraction of sp³-hybridized carbons (Fsp3) is 0.148. The minimum absolute atomic E-state index is 0.389. The van der Waals surface area contributed by atoms with Gasteiger partial charge >= 0.3 is 0 Å². The molecule has 0 amide bonds. The van der Waals surface area contributed by atoms with Gasteiger partial charge in [-0.2, -0.15) is 10.5 Å². The highest BCUT2D eigenvalue weighted by atomic mass is 16.5. The average molecular weight is 434 g/mol. The Morgan fingerprint density at radius 1 is 0.909 bits per heavy atom. The van der Waals surface area contributed by atoms with Crippen molar-refractivity contribution >= 4 is 0 Å². The van der Waals surface area contributed by atoms with E-state index in [1.807, 2.05) is 65.2 Å². The highest BCUT2D eigenvalue weighted by Crippen LogP contribution is 2.29. The van der Waals surface area contributed by atoms with E-state index in [9.17, 15) is 5.26 Å². The van der Waals surface area contributed by atoms with E-state index in [-0.39, 0.29) is 0 Å². The molecule has 162 valence electrons. The molecule has 0 saturated heterocycles. The molecule has 0 unspecified atom stereocenters. The molecule has 33 heavy (non-hydrogen) atoms. The Morgan fingerprint density at radius 3 is 2.45 bits per heavy atom. The standard InChI is InChI=1S/C27H22N4O2/c1-32-26-4-2-3-23(12-26)27-11-22(14-29)9-10-24(27)17-33-18-25-15-30-19-31(25)16-21-7-5-20(13-28)6-8-21/h2-12,15,19H,16-18H2,1H3. The molecule has 0 aliphatic carbocycles. The van der Waals surface area contributed by atoms with E-state index in [1.54, 1.807) is 25.7 Å². The third kappa shape index (κ3) is 5.27. The zero-order chi connectivity index (χ0) is 23.0. The van der Waals surface area contributed by atoms with Crippen molar-refractivity contribution in [3.63, 3.8) is 0 Å². The third-order valence-corrected chi connectivity index (χ3v) is 5.36. The highest BCUT2D eigenvalue weighted by molar-refractivity contribution is 5.70. The number of hydrogen-bond acceptors (Lipinski definition) is 5. The Balaban J connectivity index is 1.48. The summed E-state index contributed by atoms with van der Waals surface area (Å²) in [5, 5.41) is 18.3. The fourth-order valence-electron chi connectivity index (χ4n) is 3.59. The Kier molecular flexibility index (Phi) is 6.80. The van der Waals surface area contributed by atoms with Crippen molar-refractivity contribution in [1.29, 1.82) is 10.5 Å². The van der Waals surface area contributed by atoms with Crippen LogP contribution < -0.4 is 4.74 Å². The predicted molar refractivity (Wildman–Crippen MR) is 124 cm³/mol. The zero-order valence-corrected chi connectivity index (χ0v) is 18.2. The first-order chi connectivity index (χ1) is 16.2. The van der Waals surface area contributed by atoms with Crippen LogP contribution in [0.4, 0.5) is 0 Å².